The van der Waals surface area contributed by atoms with Crippen molar-refractivity contribution in [2.45, 2.75) is 55.4 Å². The summed E-state index contributed by atoms with van der Waals surface area (Å²) in [6, 6.07) is 0. The number of ether oxygens (including phenoxy) is 1. The van der Waals surface area contributed by atoms with Gasteiger partial charge in [-0.25, -0.2) is 4.79 Å². The van der Waals surface area contributed by atoms with Gasteiger partial charge in [0.25, 0.3) is 0 Å². The van der Waals surface area contributed by atoms with E-state index < -0.39 is 17.7 Å². The predicted octanol–water partition coefficient (Wildman–Crippen LogP) is 3.32. The zero-order valence-electron chi connectivity index (χ0n) is 12.7. The number of hydrogen-bond acceptors (Lipinski definition) is 4. The summed E-state index contributed by atoms with van der Waals surface area (Å²) in [4.78, 5) is 11.4. The molecule has 2 aliphatic rings. The van der Waals surface area contributed by atoms with Crippen molar-refractivity contribution in [2.24, 2.45) is 11.8 Å². The highest BCUT2D eigenvalue weighted by atomic mass is 32.2. The SMILES string of the molecule is C=C(C)C(=O)OCC1CC2CC(CC(C)(O)C(F)(F)F)C1S2. The Morgan fingerprint density at radius 1 is 1.36 bits per heavy atom. The molecule has 22 heavy (non-hydrogen) atoms. The Labute approximate surface area is 132 Å². The van der Waals surface area contributed by atoms with E-state index in [4.69, 9.17) is 4.74 Å². The van der Waals surface area contributed by atoms with Gasteiger partial charge in [-0.3, -0.25) is 0 Å². The first kappa shape index (κ1) is 17.7. The van der Waals surface area contributed by atoms with E-state index >= 15 is 0 Å². The highest BCUT2D eigenvalue weighted by Crippen LogP contribution is 2.55. The van der Waals surface area contributed by atoms with Crippen LogP contribution in [0, 0.1) is 11.8 Å². The van der Waals surface area contributed by atoms with Gasteiger partial charge in [0.05, 0.1) is 6.61 Å². The molecule has 1 N–H and O–H groups in total. The van der Waals surface area contributed by atoms with E-state index in [2.05, 4.69) is 6.58 Å². The number of esters is 1. The number of aliphatic hydroxyl groups is 1. The topological polar surface area (TPSA) is 46.5 Å². The highest BCUT2D eigenvalue weighted by Gasteiger charge is 2.55. The standard InChI is InChI=1S/C15H21F3O3S/c1-8(2)13(19)21-7-10-5-11-4-9(12(10)22-11)6-14(3,20)15(16,17)18/h9-12,20H,1,4-7H2,2-3H3. The molecule has 0 aromatic carbocycles. The smallest absolute Gasteiger partial charge is 0.416 e. The average molecular weight is 338 g/mol. The molecule has 0 amide bonds. The van der Waals surface area contributed by atoms with Gasteiger partial charge in [-0.15, -0.1) is 0 Å². The van der Waals surface area contributed by atoms with Crippen molar-refractivity contribution < 1.29 is 27.8 Å². The van der Waals surface area contributed by atoms with Crippen molar-refractivity contribution in [1.29, 1.82) is 0 Å². The Hall–Kier alpha value is -0.690. The van der Waals surface area contributed by atoms with Gasteiger partial charge < -0.3 is 9.84 Å². The van der Waals surface area contributed by atoms with Gasteiger partial charge in [0.1, 0.15) is 0 Å². The largest absolute Gasteiger partial charge is 0.462 e. The summed E-state index contributed by atoms with van der Waals surface area (Å²) in [6.45, 7) is 6.10. The molecule has 2 fully saturated rings. The summed E-state index contributed by atoms with van der Waals surface area (Å²) in [6.07, 6.45) is -3.38. The van der Waals surface area contributed by atoms with Crippen LogP contribution < -0.4 is 0 Å². The minimum atomic E-state index is -4.62. The van der Waals surface area contributed by atoms with E-state index in [1.165, 1.54) is 0 Å². The van der Waals surface area contributed by atoms with Crippen molar-refractivity contribution in [3.8, 4) is 0 Å². The number of thioether (sulfide) groups is 1. The van der Waals surface area contributed by atoms with Crippen molar-refractivity contribution in [2.75, 3.05) is 6.61 Å². The van der Waals surface area contributed by atoms with Gasteiger partial charge in [0, 0.05) is 22.0 Å². The second-order valence-corrected chi connectivity index (χ2v) is 8.05. The fraction of sp³-hybridized carbons (Fsp3) is 0.800. The number of halogens is 3. The van der Waals surface area contributed by atoms with Crippen molar-refractivity contribution in [3.63, 3.8) is 0 Å². The molecule has 0 radical (unpaired) electrons. The quantitative estimate of drug-likeness (QED) is 0.617. The van der Waals surface area contributed by atoms with E-state index in [0.717, 1.165) is 13.3 Å². The second kappa shape index (κ2) is 6.07. The first-order valence-corrected chi connectivity index (χ1v) is 8.22. The number of fused-ring (bicyclic) bond motifs is 2. The van der Waals surface area contributed by atoms with Crippen LogP contribution in [0.25, 0.3) is 0 Å². The fourth-order valence-electron chi connectivity index (χ4n) is 3.27. The van der Waals surface area contributed by atoms with Crippen LogP contribution in [0.1, 0.15) is 33.1 Å². The number of carbonyl (C=O) groups excluding carboxylic acids is 1. The van der Waals surface area contributed by atoms with Gasteiger partial charge in [-0.1, -0.05) is 6.58 Å². The van der Waals surface area contributed by atoms with Gasteiger partial charge in [-0.05, 0) is 39.0 Å². The minimum absolute atomic E-state index is 0.0109. The number of carbonyl (C=O) groups is 1. The Balaban J connectivity index is 1.94. The van der Waals surface area contributed by atoms with Crippen LogP contribution in [-0.2, 0) is 9.53 Å². The molecule has 0 spiro atoms. The molecule has 3 nitrogen and oxygen atoms in total. The molecule has 2 aliphatic heterocycles. The fourth-order valence-corrected chi connectivity index (χ4v) is 5.28. The van der Waals surface area contributed by atoms with Crippen LogP contribution in [0.5, 0.6) is 0 Å². The highest BCUT2D eigenvalue weighted by molar-refractivity contribution is 8.01. The molecule has 2 heterocycles. The van der Waals surface area contributed by atoms with Gasteiger partial charge in [0.2, 0.25) is 0 Å². The van der Waals surface area contributed by atoms with E-state index in [-0.39, 0.29) is 30.1 Å². The lowest BCUT2D eigenvalue weighted by molar-refractivity contribution is -0.259. The van der Waals surface area contributed by atoms with E-state index in [1.807, 2.05) is 0 Å². The molecule has 7 heteroatoms. The molecular formula is C15H21F3O3S. The molecule has 0 aromatic rings. The number of hydrogen-bond donors (Lipinski definition) is 1. The predicted molar refractivity (Wildman–Crippen MR) is 78.4 cm³/mol. The van der Waals surface area contributed by atoms with Crippen LogP contribution in [0.2, 0.25) is 0 Å². The lowest BCUT2D eigenvalue weighted by Gasteiger charge is -2.34. The third-order valence-electron chi connectivity index (χ3n) is 4.46. The Morgan fingerprint density at radius 3 is 2.45 bits per heavy atom. The second-order valence-electron chi connectivity index (χ2n) is 6.57. The monoisotopic (exact) mass is 338 g/mol. The minimum Gasteiger partial charge on any atom is -0.462 e. The van der Waals surface area contributed by atoms with E-state index in [9.17, 15) is 23.1 Å². The number of rotatable bonds is 5. The molecule has 2 bridgehead atoms. The molecule has 0 aromatic heterocycles. The summed E-state index contributed by atoms with van der Waals surface area (Å²) >= 11 is 1.67. The third-order valence-corrected chi connectivity index (χ3v) is 6.31. The lowest BCUT2D eigenvalue weighted by Crippen LogP contribution is -2.45. The lowest BCUT2D eigenvalue weighted by atomic mass is 9.76. The van der Waals surface area contributed by atoms with Crippen molar-refractivity contribution in [3.05, 3.63) is 12.2 Å². The average Bonchev–Trinajstić information content (AvgIpc) is 2.92. The van der Waals surface area contributed by atoms with E-state index in [0.29, 0.717) is 17.2 Å². The molecule has 126 valence electrons. The van der Waals surface area contributed by atoms with Gasteiger partial charge in [-0.2, -0.15) is 24.9 Å². The van der Waals surface area contributed by atoms with Crippen molar-refractivity contribution >= 4 is 17.7 Å². The number of alkyl halides is 3. The van der Waals surface area contributed by atoms with Gasteiger partial charge >= 0.3 is 12.1 Å². The molecular weight excluding hydrogens is 317 g/mol. The summed E-state index contributed by atoms with van der Waals surface area (Å²) in [5.74, 6) is -0.610. The van der Waals surface area contributed by atoms with Crippen molar-refractivity contribution in [1.82, 2.24) is 0 Å². The molecule has 0 aliphatic carbocycles. The summed E-state index contributed by atoms with van der Waals surface area (Å²) in [7, 11) is 0. The van der Waals surface area contributed by atoms with E-state index in [1.54, 1.807) is 18.7 Å². The Morgan fingerprint density at radius 2 is 1.95 bits per heavy atom. The third kappa shape index (κ3) is 3.62. The molecule has 5 unspecified atom stereocenters. The zero-order chi connectivity index (χ0) is 16.7. The molecule has 2 rings (SSSR count). The first-order chi connectivity index (χ1) is 10.0. The van der Waals surface area contributed by atoms with Crippen LogP contribution >= 0.6 is 11.8 Å². The summed E-state index contributed by atoms with van der Waals surface area (Å²) in [5, 5.41) is 10.00. The maximum atomic E-state index is 12.8. The maximum Gasteiger partial charge on any atom is 0.416 e. The van der Waals surface area contributed by atoms with Crippen LogP contribution in [0.15, 0.2) is 12.2 Å². The normalized spacial score (nSPS) is 33.5. The molecule has 0 saturated carbocycles. The Kier molecular flexibility index (Phi) is 4.88. The first-order valence-electron chi connectivity index (χ1n) is 7.28. The zero-order valence-corrected chi connectivity index (χ0v) is 13.5. The maximum absolute atomic E-state index is 12.8. The van der Waals surface area contributed by atoms with Crippen LogP contribution in [0.3, 0.4) is 0 Å². The molecule has 2 saturated heterocycles. The molecule has 5 atom stereocenters. The summed E-state index contributed by atoms with van der Waals surface area (Å²) in [5.41, 5.74) is -2.35. The van der Waals surface area contributed by atoms with Crippen LogP contribution in [-0.4, -0.2) is 40.0 Å². The van der Waals surface area contributed by atoms with Gasteiger partial charge in [0.15, 0.2) is 5.60 Å². The summed E-state index contributed by atoms with van der Waals surface area (Å²) < 4.78 is 43.6. The van der Waals surface area contributed by atoms with Crippen LogP contribution in [0.4, 0.5) is 13.2 Å². The Bertz CT molecular complexity index is 461.